The summed E-state index contributed by atoms with van der Waals surface area (Å²) in [6, 6.07) is 5.57. The van der Waals surface area contributed by atoms with Gasteiger partial charge >= 0.3 is 0 Å². The molecule has 0 saturated carbocycles. The fraction of sp³-hybridized carbons (Fsp3) is 0.600. The highest BCUT2D eigenvalue weighted by Gasteiger charge is 2.06. The van der Waals surface area contributed by atoms with Crippen molar-refractivity contribution in [3.8, 4) is 0 Å². The highest BCUT2D eigenvalue weighted by Crippen LogP contribution is 2.12. The van der Waals surface area contributed by atoms with E-state index < -0.39 is 0 Å². The lowest BCUT2D eigenvalue weighted by Crippen LogP contribution is -2.34. The first-order valence-corrected chi connectivity index (χ1v) is 6.73. The molecular formula is C15H25FN2. The van der Waals surface area contributed by atoms with Crippen molar-refractivity contribution < 1.29 is 4.39 Å². The third-order valence-corrected chi connectivity index (χ3v) is 3.13. The lowest BCUT2D eigenvalue weighted by atomic mass is 10.1. The van der Waals surface area contributed by atoms with Crippen molar-refractivity contribution in [2.45, 2.75) is 40.3 Å². The molecule has 0 spiro atoms. The fourth-order valence-corrected chi connectivity index (χ4v) is 1.94. The van der Waals surface area contributed by atoms with Crippen LogP contribution in [0.25, 0.3) is 0 Å². The molecule has 18 heavy (non-hydrogen) atoms. The highest BCUT2D eigenvalue weighted by molar-refractivity contribution is 5.26. The Morgan fingerprint density at radius 1 is 1.33 bits per heavy atom. The first-order valence-electron chi connectivity index (χ1n) is 6.73. The van der Waals surface area contributed by atoms with Crippen molar-refractivity contribution in [3.05, 3.63) is 35.1 Å². The minimum Gasteiger partial charge on any atom is -0.313 e. The van der Waals surface area contributed by atoms with Gasteiger partial charge < -0.3 is 5.32 Å². The van der Waals surface area contributed by atoms with Gasteiger partial charge in [-0.05, 0) is 36.7 Å². The number of aryl methyl sites for hydroxylation is 1. The van der Waals surface area contributed by atoms with Crippen LogP contribution in [0.15, 0.2) is 18.2 Å². The van der Waals surface area contributed by atoms with Crippen molar-refractivity contribution in [1.82, 2.24) is 10.2 Å². The molecule has 1 N–H and O–H groups in total. The summed E-state index contributed by atoms with van der Waals surface area (Å²) in [6.07, 6.45) is 0. The molecule has 1 aromatic carbocycles. The molecule has 0 atom stereocenters. The monoisotopic (exact) mass is 252 g/mol. The second kappa shape index (κ2) is 7.49. The number of rotatable bonds is 7. The maximum Gasteiger partial charge on any atom is 0.123 e. The van der Waals surface area contributed by atoms with E-state index >= 15 is 0 Å². The summed E-state index contributed by atoms with van der Waals surface area (Å²) in [5.41, 5.74) is 2.24. The van der Waals surface area contributed by atoms with Gasteiger partial charge in [-0.2, -0.15) is 0 Å². The molecule has 102 valence electrons. The molecule has 0 unspecified atom stereocenters. The van der Waals surface area contributed by atoms with E-state index in [-0.39, 0.29) is 5.82 Å². The Morgan fingerprint density at radius 3 is 2.61 bits per heavy atom. The Labute approximate surface area is 110 Å². The molecule has 2 nitrogen and oxygen atoms in total. The number of nitrogens with zero attached hydrogens (tertiary/aromatic N) is 1. The largest absolute Gasteiger partial charge is 0.313 e. The molecule has 1 aromatic rings. The lowest BCUT2D eigenvalue weighted by molar-refractivity contribution is 0.275. The molecule has 0 aromatic heterocycles. The zero-order valence-corrected chi connectivity index (χ0v) is 12.0. The van der Waals surface area contributed by atoms with Gasteiger partial charge in [0.05, 0.1) is 0 Å². The van der Waals surface area contributed by atoms with E-state index in [1.54, 1.807) is 12.1 Å². The Hall–Kier alpha value is -0.930. The topological polar surface area (TPSA) is 15.3 Å². The van der Waals surface area contributed by atoms with E-state index in [1.165, 1.54) is 5.56 Å². The van der Waals surface area contributed by atoms with E-state index in [0.717, 1.165) is 31.7 Å². The smallest absolute Gasteiger partial charge is 0.123 e. The van der Waals surface area contributed by atoms with Crippen LogP contribution in [0.3, 0.4) is 0 Å². The third-order valence-electron chi connectivity index (χ3n) is 3.13. The maximum atomic E-state index is 13.0. The minimum atomic E-state index is -0.152. The van der Waals surface area contributed by atoms with Crippen LogP contribution in [-0.4, -0.2) is 30.6 Å². The molecular weight excluding hydrogens is 227 g/mol. The van der Waals surface area contributed by atoms with Crippen molar-refractivity contribution in [2.75, 3.05) is 19.6 Å². The van der Waals surface area contributed by atoms with Crippen molar-refractivity contribution in [1.29, 1.82) is 0 Å². The zero-order chi connectivity index (χ0) is 13.5. The van der Waals surface area contributed by atoms with Gasteiger partial charge in [0, 0.05) is 25.7 Å². The minimum absolute atomic E-state index is 0.152. The fourth-order valence-electron chi connectivity index (χ4n) is 1.94. The summed E-state index contributed by atoms with van der Waals surface area (Å²) in [7, 11) is 0. The van der Waals surface area contributed by atoms with E-state index in [9.17, 15) is 4.39 Å². The van der Waals surface area contributed by atoms with Crippen molar-refractivity contribution >= 4 is 0 Å². The highest BCUT2D eigenvalue weighted by atomic mass is 19.1. The van der Waals surface area contributed by atoms with Gasteiger partial charge in [-0.1, -0.05) is 26.8 Å². The van der Waals surface area contributed by atoms with Gasteiger partial charge in [-0.15, -0.1) is 0 Å². The molecule has 0 heterocycles. The summed E-state index contributed by atoms with van der Waals surface area (Å²) in [5, 5.41) is 3.42. The lowest BCUT2D eigenvalue weighted by Gasteiger charge is -2.22. The van der Waals surface area contributed by atoms with Crippen LogP contribution < -0.4 is 5.32 Å². The summed E-state index contributed by atoms with van der Waals surface area (Å²) in [5.74, 6) is -0.152. The predicted octanol–water partition coefficient (Wildman–Crippen LogP) is 2.95. The number of hydrogen-bond donors (Lipinski definition) is 1. The summed E-state index contributed by atoms with van der Waals surface area (Å²) < 4.78 is 13.0. The van der Waals surface area contributed by atoms with E-state index in [4.69, 9.17) is 0 Å². The van der Waals surface area contributed by atoms with Crippen LogP contribution in [0.1, 0.15) is 31.9 Å². The molecule has 0 amide bonds. The number of halogens is 1. The van der Waals surface area contributed by atoms with Gasteiger partial charge in [0.25, 0.3) is 0 Å². The summed E-state index contributed by atoms with van der Waals surface area (Å²) >= 11 is 0. The average molecular weight is 252 g/mol. The number of benzene rings is 1. The maximum absolute atomic E-state index is 13.0. The molecule has 1 rings (SSSR count). The van der Waals surface area contributed by atoms with Crippen LogP contribution in [0, 0.1) is 12.7 Å². The molecule has 0 aliphatic carbocycles. The summed E-state index contributed by atoms with van der Waals surface area (Å²) in [4.78, 5) is 2.37. The Bertz CT molecular complexity index is 364. The Morgan fingerprint density at radius 2 is 2.06 bits per heavy atom. The molecule has 0 saturated heterocycles. The predicted molar refractivity (Wildman–Crippen MR) is 75.2 cm³/mol. The zero-order valence-electron chi connectivity index (χ0n) is 12.0. The molecule has 3 heteroatoms. The van der Waals surface area contributed by atoms with Crippen molar-refractivity contribution in [3.63, 3.8) is 0 Å². The second-order valence-corrected chi connectivity index (χ2v) is 5.05. The normalized spacial score (nSPS) is 11.5. The van der Waals surface area contributed by atoms with Gasteiger partial charge in [0.2, 0.25) is 0 Å². The van der Waals surface area contributed by atoms with E-state index in [1.807, 2.05) is 13.0 Å². The van der Waals surface area contributed by atoms with Gasteiger partial charge in [0.15, 0.2) is 0 Å². The number of nitrogens with one attached hydrogen (secondary N) is 1. The van der Waals surface area contributed by atoms with Crippen LogP contribution in [0.5, 0.6) is 0 Å². The SMILES string of the molecule is CCN(CCNC(C)C)Cc1ccc(F)cc1C. The number of likely N-dealkylation sites (N-methyl/N-ethyl adjacent to an activating group) is 1. The second-order valence-electron chi connectivity index (χ2n) is 5.05. The van der Waals surface area contributed by atoms with Crippen LogP contribution >= 0.6 is 0 Å². The summed E-state index contributed by atoms with van der Waals surface area (Å²) in [6.45, 7) is 12.4. The standard InChI is InChI=1S/C15H25FN2/c1-5-18(9-8-17-12(2)3)11-14-6-7-15(16)10-13(14)4/h6-7,10,12,17H,5,8-9,11H2,1-4H3. The Balaban J connectivity index is 2.51. The molecule has 0 radical (unpaired) electrons. The van der Waals surface area contributed by atoms with Crippen molar-refractivity contribution in [2.24, 2.45) is 0 Å². The molecule has 0 aliphatic heterocycles. The van der Waals surface area contributed by atoms with Crippen LogP contribution in [-0.2, 0) is 6.54 Å². The van der Waals surface area contributed by atoms with Gasteiger partial charge in [-0.3, -0.25) is 4.90 Å². The molecule has 0 aliphatic rings. The average Bonchev–Trinajstić information content (AvgIpc) is 2.30. The quantitative estimate of drug-likeness (QED) is 0.802. The first-order chi connectivity index (χ1) is 8.52. The van der Waals surface area contributed by atoms with Gasteiger partial charge in [0.1, 0.15) is 5.82 Å². The van der Waals surface area contributed by atoms with Gasteiger partial charge in [-0.25, -0.2) is 4.39 Å². The third kappa shape index (κ3) is 5.15. The Kier molecular flexibility index (Phi) is 6.30. The first kappa shape index (κ1) is 15.1. The molecule has 0 fully saturated rings. The number of hydrogen-bond acceptors (Lipinski definition) is 2. The van der Waals surface area contributed by atoms with E-state index in [0.29, 0.717) is 6.04 Å². The molecule has 0 bridgehead atoms. The van der Waals surface area contributed by atoms with Crippen LogP contribution in [0.4, 0.5) is 4.39 Å². The van der Waals surface area contributed by atoms with Crippen LogP contribution in [0.2, 0.25) is 0 Å². The van der Waals surface area contributed by atoms with E-state index in [2.05, 4.69) is 31.0 Å².